The minimum Gasteiger partial charge on any atom is -0.384 e. The van der Waals surface area contributed by atoms with Crippen LogP contribution in [0.3, 0.4) is 0 Å². The molecule has 0 aliphatic heterocycles. The number of aryl methyl sites for hydroxylation is 2. The molecule has 106 valence electrons. The van der Waals surface area contributed by atoms with Gasteiger partial charge in [-0.2, -0.15) is 5.10 Å². The number of aromatic amines is 1. The van der Waals surface area contributed by atoms with Crippen molar-refractivity contribution in [1.82, 2.24) is 25.1 Å². The van der Waals surface area contributed by atoms with E-state index in [9.17, 15) is 4.79 Å². The zero-order valence-corrected chi connectivity index (χ0v) is 11.8. The summed E-state index contributed by atoms with van der Waals surface area (Å²) in [6.07, 6.45) is 0.731. The Morgan fingerprint density at radius 3 is 2.75 bits per heavy atom. The zero-order valence-electron chi connectivity index (χ0n) is 11.8. The Morgan fingerprint density at radius 1 is 1.40 bits per heavy atom. The number of nitrogens with one attached hydrogen (secondary N) is 1. The smallest absolute Gasteiger partial charge is 0.254 e. The molecule has 0 saturated heterocycles. The highest BCUT2D eigenvalue weighted by Gasteiger charge is 2.15. The lowest BCUT2D eigenvalue weighted by molar-refractivity contribution is 0.0781. The van der Waals surface area contributed by atoms with E-state index in [0.29, 0.717) is 23.8 Å². The van der Waals surface area contributed by atoms with Gasteiger partial charge in [-0.25, -0.2) is 9.97 Å². The molecule has 0 aliphatic rings. The number of amides is 1. The molecule has 0 aromatic carbocycles. The molecule has 0 fully saturated rings. The molecule has 20 heavy (non-hydrogen) atoms. The van der Waals surface area contributed by atoms with Gasteiger partial charge in [0, 0.05) is 18.3 Å². The molecular weight excluding hydrogens is 256 g/mol. The molecule has 0 unspecified atom stereocenters. The van der Waals surface area contributed by atoms with E-state index in [1.807, 2.05) is 13.8 Å². The lowest BCUT2D eigenvalue weighted by Gasteiger charge is -2.16. The number of hydrogen-bond donors (Lipinski definition) is 2. The van der Waals surface area contributed by atoms with Gasteiger partial charge in [-0.05, 0) is 25.5 Å². The van der Waals surface area contributed by atoms with Gasteiger partial charge in [0.05, 0.1) is 6.54 Å². The predicted molar refractivity (Wildman–Crippen MR) is 74.9 cm³/mol. The first kappa shape index (κ1) is 14.0. The van der Waals surface area contributed by atoms with Crippen LogP contribution in [0.1, 0.15) is 34.6 Å². The number of nitrogens with zero attached hydrogens (tertiary/aromatic N) is 4. The molecule has 2 rings (SSSR count). The Hall–Kier alpha value is -2.44. The number of rotatable bonds is 4. The fourth-order valence-corrected chi connectivity index (χ4v) is 1.88. The molecule has 0 radical (unpaired) electrons. The number of anilines is 1. The summed E-state index contributed by atoms with van der Waals surface area (Å²) in [7, 11) is 1.70. The minimum atomic E-state index is -0.128. The van der Waals surface area contributed by atoms with Crippen molar-refractivity contribution in [3.63, 3.8) is 0 Å². The van der Waals surface area contributed by atoms with Crippen LogP contribution in [0.25, 0.3) is 0 Å². The summed E-state index contributed by atoms with van der Waals surface area (Å²) in [5.74, 6) is 1.53. The number of carbonyl (C=O) groups excluding carboxylic acids is 1. The van der Waals surface area contributed by atoms with Crippen LogP contribution in [0.2, 0.25) is 0 Å². The van der Waals surface area contributed by atoms with Gasteiger partial charge in [0.2, 0.25) is 0 Å². The van der Waals surface area contributed by atoms with Gasteiger partial charge >= 0.3 is 0 Å². The largest absolute Gasteiger partial charge is 0.384 e. The van der Waals surface area contributed by atoms with Crippen LogP contribution in [0.5, 0.6) is 0 Å². The van der Waals surface area contributed by atoms with Gasteiger partial charge in [-0.15, -0.1) is 0 Å². The number of hydrogen-bond acceptors (Lipinski definition) is 5. The van der Waals surface area contributed by atoms with Crippen molar-refractivity contribution in [3.8, 4) is 0 Å². The summed E-state index contributed by atoms with van der Waals surface area (Å²) in [5.41, 5.74) is 7.05. The van der Waals surface area contributed by atoms with E-state index in [4.69, 9.17) is 5.73 Å². The minimum absolute atomic E-state index is 0.128. The Labute approximate surface area is 117 Å². The van der Waals surface area contributed by atoms with Crippen molar-refractivity contribution >= 4 is 11.7 Å². The second-order valence-corrected chi connectivity index (χ2v) is 4.62. The highest BCUT2D eigenvalue weighted by Crippen LogP contribution is 2.11. The van der Waals surface area contributed by atoms with Crippen LogP contribution in [0.15, 0.2) is 12.1 Å². The average Bonchev–Trinajstić information content (AvgIpc) is 2.82. The van der Waals surface area contributed by atoms with E-state index in [1.54, 1.807) is 24.1 Å². The van der Waals surface area contributed by atoms with E-state index in [-0.39, 0.29) is 5.91 Å². The van der Waals surface area contributed by atoms with Crippen LogP contribution in [0, 0.1) is 6.92 Å². The van der Waals surface area contributed by atoms with Gasteiger partial charge < -0.3 is 10.6 Å². The normalized spacial score (nSPS) is 10.6. The molecule has 2 heterocycles. The molecule has 0 spiro atoms. The maximum Gasteiger partial charge on any atom is 0.254 e. The summed E-state index contributed by atoms with van der Waals surface area (Å²) in [6.45, 7) is 4.12. The molecule has 2 aromatic rings. The van der Waals surface area contributed by atoms with Crippen molar-refractivity contribution in [1.29, 1.82) is 0 Å². The van der Waals surface area contributed by atoms with E-state index in [0.717, 1.165) is 17.9 Å². The first-order chi connectivity index (χ1) is 9.49. The van der Waals surface area contributed by atoms with Gasteiger partial charge in [-0.3, -0.25) is 9.89 Å². The van der Waals surface area contributed by atoms with Crippen molar-refractivity contribution in [2.45, 2.75) is 26.8 Å². The third-order valence-corrected chi connectivity index (χ3v) is 2.88. The highest BCUT2D eigenvalue weighted by atomic mass is 16.2. The SMILES string of the molecule is CCc1cc(C(=O)N(C)Cc2n[nH]c(C)n2)cc(N)n1. The van der Waals surface area contributed by atoms with E-state index < -0.39 is 0 Å². The molecule has 7 nitrogen and oxygen atoms in total. The number of nitrogen functional groups attached to an aromatic ring is 1. The predicted octanol–water partition coefficient (Wildman–Crippen LogP) is 0.925. The van der Waals surface area contributed by atoms with Crippen LogP contribution >= 0.6 is 0 Å². The van der Waals surface area contributed by atoms with Crippen LogP contribution in [0.4, 0.5) is 5.82 Å². The number of H-pyrrole nitrogens is 1. The molecule has 2 aromatic heterocycles. The summed E-state index contributed by atoms with van der Waals surface area (Å²) in [4.78, 5) is 22.2. The summed E-state index contributed by atoms with van der Waals surface area (Å²) in [5, 5.41) is 6.77. The first-order valence-corrected chi connectivity index (χ1v) is 6.39. The Kier molecular flexibility index (Phi) is 3.97. The summed E-state index contributed by atoms with van der Waals surface area (Å²) in [6, 6.07) is 3.35. The van der Waals surface area contributed by atoms with Gasteiger partial charge in [0.25, 0.3) is 5.91 Å². The highest BCUT2D eigenvalue weighted by molar-refractivity contribution is 5.94. The molecule has 0 aliphatic carbocycles. The number of aromatic nitrogens is 4. The maximum absolute atomic E-state index is 12.4. The summed E-state index contributed by atoms with van der Waals surface area (Å²) < 4.78 is 0. The first-order valence-electron chi connectivity index (χ1n) is 6.39. The number of carbonyl (C=O) groups is 1. The van der Waals surface area contributed by atoms with E-state index >= 15 is 0 Å². The molecule has 0 atom stereocenters. The van der Waals surface area contributed by atoms with E-state index in [1.165, 1.54) is 0 Å². The standard InChI is InChI=1S/C13H18N6O/c1-4-10-5-9(6-11(14)16-10)13(20)19(3)7-12-15-8(2)17-18-12/h5-6H,4,7H2,1-3H3,(H2,14,16)(H,15,17,18). The fraction of sp³-hybridized carbons (Fsp3) is 0.385. The quantitative estimate of drug-likeness (QED) is 0.863. The Bertz CT molecular complexity index is 621. The lowest BCUT2D eigenvalue weighted by Crippen LogP contribution is -2.27. The Morgan fingerprint density at radius 2 is 2.15 bits per heavy atom. The Balaban J connectivity index is 2.15. The number of nitrogens with two attached hydrogens (primary N) is 1. The van der Waals surface area contributed by atoms with Crippen molar-refractivity contribution in [2.75, 3.05) is 12.8 Å². The average molecular weight is 274 g/mol. The third-order valence-electron chi connectivity index (χ3n) is 2.88. The van der Waals surface area contributed by atoms with Crippen molar-refractivity contribution in [3.05, 3.63) is 35.0 Å². The zero-order chi connectivity index (χ0) is 14.7. The van der Waals surface area contributed by atoms with Crippen LogP contribution < -0.4 is 5.73 Å². The lowest BCUT2D eigenvalue weighted by atomic mass is 10.1. The molecule has 7 heteroatoms. The fourth-order valence-electron chi connectivity index (χ4n) is 1.88. The van der Waals surface area contributed by atoms with Crippen LogP contribution in [-0.4, -0.2) is 38.0 Å². The van der Waals surface area contributed by atoms with Crippen molar-refractivity contribution in [2.24, 2.45) is 0 Å². The molecule has 0 saturated carbocycles. The summed E-state index contributed by atoms with van der Waals surface area (Å²) >= 11 is 0. The third kappa shape index (κ3) is 3.11. The van der Waals surface area contributed by atoms with Gasteiger partial charge in [-0.1, -0.05) is 6.92 Å². The van der Waals surface area contributed by atoms with Gasteiger partial charge in [0.1, 0.15) is 11.6 Å². The van der Waals surface area contributed by atoms with Gasteiger partial charge in [0.15, 0.2) is 5.82 Å². The topological polar surface area (TPSA) is 101 Å². The molecule has 0 bridgehead atoms. The second kappa shape index (κ2) is 5.68. The van der Waals surface area contributed by atoms with E-state index in [2.05, 4.69) is 20.2 Å². The monoisotopic (exact) mass is 274 g/mol. The molecule has 1 amide bonds. The van der Waals surface area contributed by atoms with Crippen LogP contribution in [-0.2, 0) is 13.0 Å². The maximum atomic E-state index is 12.4. The molecular formula is C13H18N6O. The second-order valence-electron chi connectivity index (χ2n) is 4.62. The molecule has 3 N–H and O–H groups in total. The number of pyridine rings is 1. The van der Waals surface area contributed by atoms with Crippen molar-refractivity contribution < 1.29 is 4.79 Å².